The van der Waals surface area contributed by atoms with Crippen LogP contribution in [-0.4, -0.2) is 145 Å². The Hall–Kier alpha value is -3.27. The molecule has 0 radical (unpaired) electrons. The van der Waals surface area contributed by atoms with Crippen LogP contribution in [0.1, 0.15) is 49.9 Å². The molecular weight excluding hydrogens is 783 g/mol. The number of carbonyl (C=O) groups excluding carboxylic acids is 4. The summed E-state index contributed by atoms with van der Waals surface area (Å²) in [5.41, 5.74) is 1.78. The topological polar surface area (TPSA) is 217 Å². The summed E-state index contributed by atoms with van der Waals surface area (Å²) in [4.78, 5) is 47.8. The number of unbranched alkanes of at least 4 members (excludes halogenated alkanes) is 1. The molecule has 2 aromatic rings. The van der Waals surface area contributed by atoms with Crippen LogP contribution in [0.2, 0.25) is 0 Å². The second-order valence-electron chi connectivity index (χ2n) is 12.9. The minimum atomic E-state index is -0.0674. The maximum atomic E-state index is 12.2. The minimum absolute atomic E-state index is 0.0155. The van der Waals surface area contributed by atoms with Gasteiger partial charge in [0, 0.05) is 67.0 Å². The Balaban J connectivity index is 0.819. The lowest BCUT2D eigenvalue weighted by atomic mass is 10.0. The van der Waals surface area contributed by atoms with Gasteiger partial charge in [-0.2, -0.15) is 11.8 Å². The van der Waals surface area contributed by atoms with Crippen molar-refractivity contribution in [3.8, 4) is 11.4 Å². The highest BCUT2D eigenvalue weighted by Crippen LogP contribution is 2.33. The van der Waals surface area contributed by atoms with E-state index in [-0.39, 0.29) is 42.3 Å². The number of rotatable bonds is 30. The van der Waals surface area contributed by atoms with Crippen molar-refractivity contribution in [2.75, 3.05) is 83.2 Å². The fourth-order valence-electron chi connectivity index (χ4n) is 5.58. The first-order valence-electron chi connectivity index (χ1n) is 19.0. The number of hydrogen-bond acceptors (Lipinski definition) is 15. The highest BCUT2D eigenvalue weighted by Gasteiger charge is 2.42. The van der Waals surface area contributed by atoms with Gasteiger partial charge in [0.1, 0.15) is 0 Å². The van der Waals surface area contributed by atoms with E-state index in [0.717, 1.165) is 41.9 Å². The van der Waals surface area contributed by atoms with Crippen LogP contribution in [0.4, 0.5) is 4.79 Å². The fourth-order valence-corrected chi connectivity index (χ4v) is 9.02. The third-order valence-corrected chi connectivity index (χ3v) is 12.4. The van der Waals surface area contributed by atoms with Gasteiger partial charge in [-0.05, 0) is 25.3 Å². The van der Waals surface area contributed by atoms with E-state index >= 15 is 0 Å². The average Bonchev–Trinajstić information content (AvgIpc) is 3.76. The van der Waals surface area contributed by atoms with Crippen LogP contribution in [0.25, 0.3) is 11.4 Å². The standard InChI is InChI=1S/C36H55N9O8S3/c1-26-42-44-35(45-43-26)28-8-6-27(7-9-28)24-39-33(48)11-22-55-56-23-13-38-32(47)10-14-50-16-18-52-20-21-53-19-17-51-15-12-37-31(46)5-3-2-4-30-34-29(25-54-30)40-36(49)41-34/h6-9,29-30,34H,2-5,10-25H2,1H3,(H,37,46)(H,38,47)(H,39,48)(H2,40,41,49)/t29-,30-,34-/m0/s1. The smallest absolute Gasteiger partial charge is 0.315 e. The van der Waals surface area contributed by atoms with E-state index in [0.29, 0.717) is 108 Å². The van der Waals surface area contributed by atoms with Gasteiger partial charge < -0.3 is 45.5 Å². The summed E-state index contributed by atoms with van der Waals surface area (Å²) in [5, 5.41) is 31.0. The van der Waals surface area contributed by atoms with Crippen molar-refractivity contribution in [3.05, 3.63) is 35.7 Å². The monoisotopic (exact) mass is 837 g/mol. The number of hydrogen-bond donors (Lipinski definition) is 5. The zero-order chi connectivity index (χ0) is 39.6. The van der Waals surface area contributed by atoms with Crippen molar-refractivity contribution < 1.29 is 38.1 Å². The molecule has 0 aliphatic carbocycles. The zero-order valence-electron chi connectivity index (χ0n) is 32.0. The third kappa shape index (κ3) is 18.8. The van der Waals surface area contributed by atoms with E-state index < -0.39 is 0 Å². The number of aryl methyl sites for hydroxylation is 1. The maximum Gasteiger partial charge on any atom is 0.315 e. The molecular formula is C36H55N9O8S3. The van der Waals surface area contributed by atoms with E-state index in [4.69, 9.17) is 18.9 Å². The number of ether oxygens (including phenoxy) is 4. The zero-order valence-corrected chi connectivity index (χ0v) is 34.4. The summed E-state index contributed by atoms with van der Waals surface area (Å²) < 4.78 is 22.0. The first-order chi connectivity index (χ1) is 27.4. The predicted octanol–water partition coefficient (Wildman–Crippen LogP) is 2.04. The molecule has 3 atom stereocenters. The molecule has 0 unspecified atom stereocenters. The molecule has 4 rings (SSSR count). The van der Waals surface area contributed by atoms with Crippen LogP contribution in [0.3, 0.4) is 0 Å². The molecule has 1 aromatic heterocycles. The molecule has 56 heavy (non-hydrogen) atoms. The van der Waals surface area contributed by atoms with Crippen LogP contribution >= 0.6 is 33.3 Å². The molecule has 5 amide bonds. The molecule has 1 aromatic carbocycles. The number of aromatic nitrogens is 4. The quantitative estimate of drug-likeness (QED) is 0.0433. The third-order valence-electron chi connectivity index (χ3n) is 8.52. The molecule has 0 spiro atoms. The van der Waals surface area contributed by atoms with Gasteiger partial charge >= 0.3 is 6.03 Å². The van der Waals surface area contributed by atoms with Crippen molar-refractivity contribution in [2.24, 2.45) is 0 Å². The lowest BCUT2D eigenvalue weighted by molar-refractivity contribution is -0.122. The Labute approximate surface area is 340 Å². The van der Waals surface area contributed by atoms with Gasteiger partial charge in [0.15, 0.2) is 5.82 Å². The molecule has 20 heteroatoms. The normalized spacial score (nSPS) is 17.2. The molecule has 2 saturated heterocycles. The Bertz CT molecular complexity index is 1470. The van der Waals surface area contributed by atoms with Gasteiger partial charge in [0.05, 0.1) is 64.9 Å². The van der Waals surface area contributed by atoms with Crippen molar-refractivity contribution in [1.29, 1.82) is 0 Å². The van der Waals surface area contributed by atoms with E-state index in [9.17, 15) is 19.2 Å². The Morgan fingerprint density at radius 1 is 0.732 bits per heavy atom. The second-order valence-corrected chi connectivity index (χ2v) is 16.9. The van der Waals surface area contributed by atoms with Crippen molar-refractivity contribution in [3.63, 3.8) is 0 Å². The van der Waals surface area contributed by atoms with Gasteiger partial charge in [0.2, 0.25) is 23.5 Å². The largest absolute Gasteiger partial charge is 0.379 e. The van der Waals surface area contributed by atoms with Crippen LogP contribution < -0.4 is 26.6 Å². The number of benzene rings is 1. The summed E-state index contributed by atoms with van der Waals surface area (Å²) in [7, 11) is 3.23. The van der Waals surface area contributed by atoms with Crippen LogP contribution in [0.5, 0.6) is 0 Å². The van der Waals surface area contributed by atoms with E-state index in [2.05, 4.69) is 47.0 Å². The van der Waals surface area contributed by atoms with Crippen LogP contribution in [0, 0.1) is 6.92 Å². The van der Waals surface area contributed by atoms with Crippen LogP contribution in [0.15, 0.2) is 24.3 Å². The minimum Gasteiger partial charge on any atom is -0.379 e. The lowest BCUT2D eigenvalue weighted by Crippen LogP contribution is -2.36. The maximum absolute atomic E-state index is 12.2. The van der Waals surface area contributed by atoms with Gasteiger partial charge in [-0.1, -0.05) is 52.3 Å². The summed E-state index contributed by atoms with van der Waals surface area (Å²) in [5.74, 6) is 3.30. The second kappa shape index (κ2) is 27.4. The predicted molar refractivity (Wildman–Crippen MR) is 217 cm³/mol. The van der Waals surface area contributed by atoms with Crippen molar-refractivity contribution in [1.82, 2.24) is 47.0 Å². The van der Waals surface area contributed by atoms with Gasteiger partial charge in [-0.3, -0.25) is 14.4 Å². The van der Waals surface area contributed by atoms with Crippen molar-refractivity contribution in [2.45, 2.75) is 69.3 Å². The van der Waals surface area contributed by atoms with Crippen molar-refractivity contribution >= 4 is 57.1 Å². The van der Waals surface area contributed by atoms with Crippen LogP contribution in [-0.2, 0) is 39.9 Å². The highest BCUT2D eigenvalue weighted by molar-refractivity contribution is 8.76. The molecule has 310 valence electrons. The van der Waals surface area contributed by atoms with E-state index in [1.54, 1.807) is 28.5 Å². The lowest BCUT2D eigenvalue weighted by Gasteiger charge is -2.16. The molecule has 17 nitrogen and oxygen atoms in total. The van der Waals surface area contributed by atoms with Gasteiger partial charge in [0.25, 0.3) is 0 Å². The molecule has 5 N–H and O–H groups in total. The fraction of sp³-hybridized carbons (Fsp3) is 0.667. The van der Waals surface area contributed by atoms with Gasteiger partial charge in [-0.25, -0.2) is 4.79 Å². The summed E-state index contributed by atoms with van der Waals surface area (Å²) in [6, 6.07) is 7.97. The molecule has 2 aliphatic rings. The SMILES string of the molecule is Cc1nnc(-c2ccc(CNC(=O)CCSSCCNC(=O)CCOCCOCCOCCOCCNC(=O)CCCC[C@@H]3SC[C@@H]4NC(=O)N[C@@H]43)cc2)nn1. The number of nitrogens with zero attached hydrogens (tertiary/aromatic N) is 4. The number of amides is 5. The summed E-state index contributed by atoms with van der Waals surface area (Å²) in [6.07, 6.45) is 3.98. The first kappa shape index (κ1) is 45.4. The Kier molecular flexibility index (Phi) is 22.2. The number of thioether (sulfide) groups is 1. The number of fused-ring (bicyclic) bond motifs is 1. The number of nitrogens with one attached hydrogen (secondary N) is 5. The summed E-state index contributed by atoms with van der Waals surface area (Å²) in [6.45, 7) is 6.49. The molecule has 2 aliphatic heterocycles. The summed E-state index contributed by atoms with van der Waals surface area (Å²) >= 11 is 1.89. The number of carbonyl (C=O) groups is 4. The van der Waals surface area contributed by atoms with Gasteiger partial charge in [-0.15, -0.1) is 20.4 Å². The molecule has 2 fully saturated rings. The molecule has 3 heterocycles. The van der Waals surface area contributed by atoms with E-state index in [1.165, 1.54) is 0 Å². The Morgan fingerprint density at radius 3 is 2.09 bits per heavy atom. The molecule has 0 saturated carbocycles. The highest BCUT2D eigenvalue weighted by atomic mass is 33.1. The molecule has 0 bridgehead atoms. The Morgan fingerprint density at radius 2 is 1.36 bits per heavy atom. The number of urea groups is 1. The first-order valence-corrected chi connectivity index (χ1v) is 22.6. The van der Waals surface area contributed by atoms with E-state index in [1.807, 2.05) is 36.0 Å². The average molecular weight is 838 g/mol.